The van der Waals surface area contributed by atoms with E-state index >= 15 is 0 Å². The maximum Gasteiger partial charge on any atom is 0.265 e. The monoisotopic (exact) mass is 396 g/mol. The van der Waals surface area contributed by atoms with Crippen LogP contribution in [-0.2, 0) is 10.0 Å². The van der Waals surface area contributed by atoms with E-state index in [0.717, 1.165) is 23.2 Å². The Hall–Kier alpha value is -2.52. The van der Waals surface area contributed by atoms with Crippen LogP contribution in [0.4, 0.5) is 14.5 Å². The number of ether oxygens (including phenoxy) is 1. The molecule has 1 N–H and O–H groups in total. The molecule has 0 radical (unpaired) electrons. The molecule has 0 saturated carbocycles. The molecule has 0 unspecified atom stereocenters. The third-order valence-electron chi connectivity index (χ3n) is 3.54. The average molecular weight is 396 g/mol. The highest BCUT2D eigenvalue weighted by atomic mass is 32.2. The summed E-state index contributed by atoms with van der Waals surface area (Å²) >= 11 is 1.44. The molecular formula is C17H14F2N2O3S2. The maximum atomic E-state index is 13.3. The molecule has 9 heteroatoms. The lowest BCUT2D eigenvalue weighted by molar-refractivity contribution is 0.403. The predicted molar refractivity (Wildman–Crippen MR) is 96.0 cm³/mol. The summed E-state index contributed by atoms with van der Waals surface area (Å²) in [5, 5.41) is 2.66. The maximum absolute atomic E-state index is 13.3. The fourth-order valence-corrected chi connectivity index (χ4v) is 4.18. The zero-order valence-electron chi connectivity index (χ0n) is 13.8. The van der Waals surface area contributed by atoms with E-state index in [1.807, 2.05) is 12.3 Å². The third-order valence-corrected chi connectivity index (χ3v) is 5.72. The minimum atomic E-state index is -4.10. The Labute approximate surface area is 153 Å². The Morgan fingerprint density at radius 3 is 2.50 bits per heavy atom. The molecule has 0 spiro atoms. The van der Waals surface area contributed by atoms with Gasteiger partial charge in [-0.05, 0) is 37.3 Å². The van der Waals surface area contributed by atoms with Gasteiger partial charge in [-0.3, -0.25) is 4.72 Å². The van der Waals surface area contributed by atoms with Gasteiger partial charge in [-0.2, -0.15) is 0 Å². The molecule has 0 aliphatic rings. The van der Waals surface area contributed by atoms with Crippen LogP contribution in [0.15, 0.2) is 46.7 Å². The fraction of sp³-hybridized carbons (Fsp3) is 0.118. The van der Waals surface area contributed by atoms with Crippen LogP contribution in [0, 0.1) is 18.6 Å². The van der Waals surface area contributed by atoms with E-state index in [1.54, 1.807) is 6.07 Å². The van der Waals surface area contributed by atoms with Gasteiger partial charge in [-0.1, -0.05) is 0 Å². The van der Waals surface area contributed by atoms with Gasteiger partial charge in [0.1, 0.15) is 10.6 Å². The van der Waals surface area contributed by atoms with Crippen molar-refractivity contribution >= 4 is 27.0 Å². The number of thiazole rings is 1. The molecule has 0 saturated heterocycles. The molecule has 1 aromatic heterocycles. The number of nitrogens with zero attached hydrogens (tertiary/aromatic N) is 1. The van der Waals surface area contributed by atoms with Crippen molar-refractivity contribution in [1.29, 1.82) is 0 Å². The molecule has 26 heavy (non-hydrogen) atoms. The van der Waals surface area contributed by atoms with E-state index in [4.69, 9.17) is 4.74 Å². The number of benzene rings is 2. The Morgan fingerprint density at radius 1 is 1.12 bits per heavy atom. The van der Waals surface area contributed by atoms with Crippen molar-refractivity contribution in [3.8, 4) is 17.0 Å². The number of aryl methyl sites for hydroxylation is 1. The number of sulfonamides is 1. The van der Waals surface area contributed by atoms with Crippen molar-refractivity contribution in [3.05, 3.63) is 58.4 Å². The van der Waals surface area contributed by atoms with E-state index in [-0.39, 0.29) is 16.3 Å². The van der Waals surface area contributed by atoms with Gasteiger partial charge in [0, 0.05) is 17.0 Å². The second kappa shape index (κ2) is 7.00. The predicted octanol–water partition coefficient (Wildman–Crippen LogP) is 4.21. The molecule has 5 nitrogen and oxygen atoms in total. The SMILES string of the molecule is COc1ccc(-c2csc(C)n2)cc1S(=O)(=O)Nc1ccc(F)c(F)c1. The summed E-state index contributed by atoms with van der Waals surface area (Å²) in [6.45, 7) is 1.85. The van der Waals surface area contributed by atoms with Crippen molar-refractivity contribution in [1.82, 2.24) is 4.98 Å². The second-order valence-corrected chi connectivity index (χ2v) is 8.06. The van der Waals surface area contributed by atoms with Gasteiger partial charge in [-0.25, -0.2) is 22.2 Å². The molecule has 0 fully saturated rings. The lowest BCUT2D eigenvalue weighted by Crippen LogP contribution is -2.14. The van der Waals surface area contributed by atoms with Gasteiger partial charge < -0.3 is 4.74 Å². The van der Waals surface area contributed by atoms with Crippen molar-refractivity contribution in [2.75, 3.05) is 11.8 Å². The lowest BCUT2D eigenvalue weighted by atomic mass is 10.2. The number of halogens is 2. The summed E-state index contributed by atoms with van der Waals surface area (Å²) in [6, 6.07) is 7.39. The van der Waals surface area contributed by atoms with Crippen molar-refractivity contribution in [2.45, 2.75) is 11.8 Å². The van der Waals surface area contributed by atoms with Crippen LogP contribution in [0.1, 0.15) is 5.01 Å². The van der Waals surface area contributed by atoms with E-state index in [1.165, 1.54) is 30.6 Å². The summed E-state index contributed by atoms with van der Waals surface area (Å²) < 4.78 is 59.2. The molecule has 1 heterocycles. The zero-order valence-corrected chi connectivity index (χ0v) is 15.4. The molecule has 0 bridgehead atoms. The zero-order chi connectivity index (χ0) is 18.9. The van der Waals surface area contributed by atoms with E-state index < -0.39 is 21.7 Å². The first-order valence-electron chi connectivity index (χ1n) is 7.38. The number of aromatic nitrogens is 1. The lowest BCUT2D eigenvalue weighted by Gasteiger charge is -2.13. The number of rotatable bonds is 5. The van der Waals surface area contributed by atoms with Crippen LogP contribution in [-0.4, -0.2) is 20.5 Å². The Kier molecular flexibility index (Phi) is 4.92. The van der Waals surface area contributed by atoms with E-state index in [0.29, 0.717) is 11.3 Å². The highest BCUT2D eigenvalue weighted by Gasteiger charge is 2.22. The molecular weight excluding hydrogens is 382 g/mol. The Bertz CT molecular complexity index is 1070. The summed E-state index contributed by atoms with van der Waals surface area (Å²) in [5.74, 6) is -2.09. The molecule has 136 valence electrons. The first-order valence-corrected chi connectivity index (χ1v) is 9.75. The summed E-state index contributed by atoms with van der Waals surface area (Å²) in [6.07, 6.45) is 0. The first-order chi connectivity index (χ1) is 12.3. The Balaban J connectivity index is 2.03. The van der Waals surface area contributed by atoms with Crippen LogP contribution < -0.4 is 9.46 Å². The molecule has 0 aliphatic carbocycles. The number of anilines is 1. The van der Waals surface area contributed by atoms with Gasteiger partial charge >= 0.3 is 0 Å². The van der Waals surface area contributed by atoms with Crippen LogP contribution in [0.5, 0.6) is 5.75 Å². The third kappa shape index (κ3) is 3.68. The van der Waals surface area contributed by atoms with Gasteiger partial charge in [-0.15, -0.1) is 11.3 Å². The van der Waals surface area contributed by atoms with Crippen molar-refractivity contribution in [3.63, 3.8) is 0 Å². The first kappa shape index (κ1) is 18.3. The smallest absolute Gasteiger partial charge is 0.265 e. The van der Waals surface area contributed by atoms with Gasteiger partial charge in [0.25, 0.3) is 10.0 Å². The quantitative estimate of drug-likeness (QED) is 0.702. The van der Waals surface area contributed by atoms with E-state index in [9.17, 15) is 17.2 Å². The molecule has 2 aromatic carbocycles. The number of hydrogen-bond acceptors (Lipinski definition) is 5. The van der Waals surface area contributed by atoms with Gasteiger partial charge in [0.15, 0.2) is 11.6 Å². The molecule has 3 rings (SSSR count). The Morgan fingerprint density at radius 2 is 1.88 bits per heavy atom. The van der Waals surface area contributed by atoms with Crippen molar-refractivity contribution < 1.29 is 21.9 Å². The number of hydrogen-bond donors (Lipinski definition) is 1. The minimum Gasteiger partial charge on any atom is -0.495 e. The van der Waals surface area contributed by atoms with Crippen LogP contribution in [0.2, 0.25) is 0 Å². The summed E-state index contributed by atoms with van der Waals surface area (Å²) in [7, 11) is -2.75. The van der Waals surface area contributed by atoms with Crippen LogP contribution in [0.25, 0.3) is 11.3 Å². The standard InChI is InChI=1S/C17H14F2N2O3S2/c1-10-20-15(9-25-10)11-3-6-16(24-2)17(7-11)26(22,23)21-12-4-5-13(18)14(19)8-12/h3-9,21H,1-2H3. The molecule has 0 amide bonds. The topological polar surface area (TPSA) is 68.3 Å². The fourth-order valence-electron chi connectivity index (χ4n) is 2.31. The number of nitrogens with one attached hydrogen (secondary N) is 1. The second-order valence-electron chi connectivity index (χ2n) is 5.35. The van der Waals surface area contributed by atoms with Gasteiger partial charge in [0.2, 0.25) is 0 Å². The van der Waals surface area contributed by atoms with Crippen LogP contribution >= 0.6 is 11.3 Å². The molecule has 0 atom stereocenters. The normalized spacial score (nSPS) is 11.4. The highest BCUT2D eigenvalue weighted by Crippen LogP contribution is 2.31. The molecule has 3 aromatic rings. The highest BCUT2D eigenvalue weighted by molar-refractivity contribution is 7.92. The average Bonchev–Trinajstić information content (AvgIpc) is 3.04. The van der Waals surface area contributed by atoms with E-state index in [2.05, 4.69) is 9.71 Å². The minimum absolute atomic E-state index is 0.0964. The van der Waals surface area contributed by atoms with Crippen LogP contribution in [0.3, 0.4) is 0 Å². The summed E-state index contributed by atoms with van der Waals surface area (Å²) in [5.41, 5.74) is 1.14. The number of methoxy groups -OCH3 is 1. The molecule has 0 aliphatic heterocycles. The largest absolute Gasteiger partial charge is 0.495 e. The van der Waals surface area contributed by atoms with Crippen molar-refractivity contribution in [2.24, 2.45) is 0 Å². The summed E-state index contributed by atoms with van der Waals surface area (Å²) in [4.78, 5) is 4.20. The van der Waals surface area contributed by atoms with Gasteiger partial charge in [0.05, 0.1) is 23.5 Å².